The van der Waals surface area contributed by atoms with E-state index < -0.39 is 11.5 Å². The van der Waals surface area contributed by atoms with E-state index in [0.717, 1.165) is 19.6 Å². The first-order chi connectivity index (χ1) is 11.7. The Kier molecular flexibility index (Phi) is 6.22. The van der Waals surface area contributed by atoms with Crippen LogP contribution in [-0.4, -0.2) is 53.8 Å². The van der Waals surface area contributed by atoms with E-state index in [-0.39, 0.29) is 11.8 Å². The van der Waals surface area contributed by atoms with Crippen molar-refractivity contribution in [2.45, 2.75) is 47.2 Å². The molecular formula is C20H31N3O2. The molecule has 1 N–H and O–H groups in total. The number of piperazine rings is 1. The molecule has 0 aromatic heterocycles. The Morgan fingerprint density at radius 3 is 2.36 bits per heavy atom. The van der Waals surface area contributed by atoms with Crippen molar-refractivity contribution in [3.05, 3.63) is 35.4 Å². The van der Waals surface area contributed by atoms with Crippen LogP contribution < -0.4 is 5.32 Å². The molecular weight excluding hydrogens is 314 g/mol. The minimum atomic E-state index is -0.485. The van der Waals surface area contributed by atoms with Gasteiger partial charge in [-0.2, -0.15) is 0 Å². The monoisotopic (exact) mass is 345 g/mol. The van der Waals surface area contributed by atoms with E-state index in [0.29, 0.717) is 13.1 Å². The molecule has 1 unspecified atom stereocenters. The van der Waals surface area contributed by atoms with Crippen LogP contribution in [0, 0.1) is 12.3 Å². The van der Waals surface area contributed by atoms with Crippen molar-refractivity contribution in [1.29, 1.82) is 0 Å². The maximum absolute atomic E-state index is 12.6. The van der Waals surface area contributed by atoms with Crippen LogP contribution in [0.5, 0.6) is 0 Å². The van der Waals surface area contributed by atoms with Crippen molar-refractivity contribution in [2.75, 3.05) is 26.2 Å². The molecule has 1 saturated heterocycles. The summed E-state index contributed by atoms with van der Waals surface area (Å²) in [6.07, 6.45) is 0. The molecule has 138 valence electrons. The minimum absolute atomic E-state index is 0.00723. The van der Waals surface area contributed by atoms with Gasteiger partial charge < -0.3 is 10.2 Å². The smallest absolute Gasteiger partial charge is 0.244 e. The molecule has 1 fully saturated rings. The van der Waals surface area contributed by atoms with Crippen LogP contribution in [0.1, 0.15) is 38.8 Å². The largest absolute Gasteiger partial charge is 0.344 e. The summed E-state index contributed by atoms with van der Waals surface area (Å²) in [5.41, 5.74) is 2.10. The van der Waals surface area contributed by atoms with Crippen LogP contribution >= 0.6 is 0 Å². The second kappa shape index (κ2) is 8.00. The van der Waals surface area contributed by atoms with Gasteiger partial charge in [-0.25, -0.2) is 0 Å². The van der Waals surface area contributed by atoms with Gasteiger partial charge in [0, 0.05) is 38.1 Å². The molecule has 1 aromatic carbocycles. The molecule has 0 bridgehead atoms. The van der Waals surface area contributed by atoms with Crippen molar-refractivity contribution < 1.29 is 9.59 Å². The Morgan fingerprint density at radius 2 is 1.80 bits per heavy atom. The van der Waals surface area contributed by atoms with Crippen molar-refractivity contribution in [3.63, 3.8) is 0 Å². The fraction of sp³-hybridized carbons (Fsp3) is 0.600. The van der Waals surface area contributed by atoms with Gasteiger partial charge in [0.2, 0.25) is 11.8 Å². The SMILES string of the molecule is Cc1cccc(CN2CCN(C(=O)C(C)NC(=O)C(C)(C)C)CC2)c1. The third kappa shape index (κ3) is 5.56. The molecule has 0 saturated carbocycles. The van der Waals surface area contributed by atoms with Gasteiger partial charge in [-0.3, -0.25) is 14.5 Å². The molecule has 0 spiro atoms. The summed E-state index contributed by atoms with van der Waals surface area (Å²) in [5, 5.41) is 2.83. The minimum Gasteiger partial charge on any atom is -0.344 e. The summed E-state index contributed by atoms with van der Waals surface area (Å²) in [6.45, 7) is 13.5. The fourth-order valence-electron chi connectivity index (χ4n) is 2.94. The van der Waals surface area contributed by atoms with E-state index in [4.69, 9.17) is 0 Å². The molecule has 25 heavy (non-hydrogen) atoms. The highest BCUT2D eigenvalue weighted by molar-refractivity contribution is 5.89. The van der Waals surface area contributed by atoms with Gasteiger partial charge in [0.25, 0.3) is 0 Å². The number of rotatable bonds is 4. The number of hydrogen-bond acceptors (Lipinski definition) is 3. The van der Waals surface area contributed by atoms with E-state index in [2.05, 4.69) is 41.4 Å². The zero-order chi connectivity index (χ0) is 18.6. The van der Waals surface area contributed by atoms with Crippen LogP contribution in [0.2, 0.25) is 0 Å². The predicted octanol–water partition coefficient (Wildman–Crippen LogP) is 2.19. The molecule has 5 nitrogen and oxygen atoms in total. The fourth-order valence-corrected chi connectivity index (χ4v) is 2.94. The molecule has 0 radical (unpaired) electrons. The lowest BCUT2D eigenvalue weighted by Crippen LogP contribution is -2.54. The normalized spacial score (nSPS) is 17.2. The Balaban J connectivity index is 1.82. The zero-order valence-electron chi connectivity index (χ0n) is 16.1. The van der Waals surface area contributed by atoms with Crippen LogP contribution in [0.25, 0.3) is 0 Å². The van der Waals surface area contributed by atoms with Crippen LogP contribution in [0.4, 0.5) is 0 Å². The zero-order valence-corrected chi connectivity index (χ0v) is 16.1. The van der Waals surface area contributed by atoms with Gasteiger partial charge in [-0.1, -0.05) is 50.6 Å². The van der Waals surface area contributed by atoms with Crippen LogP contribution in [-0.2, 0) is 16.1 Å². The number of benzene rings is 1. The average Bonchev–Trinajstić information content (AvgIpc) is 2.54. The van der Waals surface area contributed by atoms with E-state index in [9.17, 15) is 9.59 Å². The first kappa shape index (κ1) is 19.4. The lowest BCUT2D eigenvalue weighted by molar-refractivity contribution is -0.139. The Hall–Kier alpha value is -1.88. The number of nitrogens with one attached hydrogen (secondary N) is 1. The summed E-state index contributed by atoms with van der Waals surface area (Å²) < 4.78 is 0. The lowest BCUT2D eigenvalue weighted by Gasteiger charge is -2.36. The molecule has 1 atom stereocenters. The number of nitrogens with zero attached hydrogens (tertiary/aromatic N) is 2. The standard InChI is InChI=1S/C20H31N3O2/c1-15-7-6-8-17(13-15)14-22-9-11-23(12-10-22)18(24)16(2)21-19(25)20(3,4)5/h6-8,13,16H,9-12,14H2,1-5H3,(H,21,25). The molecule has 1 aliphatic heterocycles. The van der Waals surface area contributed by atoms with E-state index in [1.54, 1.807) is 6.92 Å². The third-order valence-corrected chi connectivity index (χ3v) is 4.57. The molecule has 0 aliphatic carbocycles. The molecule has 1 aliphatic rings. The van der Waals surface area contributed by atoms with Gasteiger partial charge in [-0.05, 0) is 19.4 Å². The van der Waals surface area contributed by atoms with Gasteiger partial charge in [-0.15, -0.1) is 0 Å². The molecule has 1 aromatic rings. The van der Waals surface area contributed by atoms with Gasteiger partial charge >= 0.3 is 0 Å². The number of carbonyl (C=O) groups is 2. The lowest BCUT2D eigenvalue weighted by atomic mass is 9.95. The summed E-state index contributed by atoms with van der Waals surface area (Å²) in [4.78, 5) is 28.9. The van der Waals surface area contributed by atoms with Crippen LogP contribution in [0.15, 0.2) is 24.3 Å². The number of carbonyl (C=O) groups excluding carboxylic acids is 2. The average molecular weight is 345 g/mol. The first-order valence-corrected chi connectivity index (χ1v) is 9.04. The van der Waals surface area contributed by atoms with Crippen molar-refractivity contribution >= 4 is 11.8 Å². The summed E-state index contributed by atoms with van der Waals surface area (Å²) in [7, 11) is 0. The molecule has 5 heteroatoms. The van der Waals surface area contributed by atoms with E-state index >= 15 is 0 Å². The van der Waals surface area contributed by atoms with Crippen molar-refractivity contribution in [3.8, 4) is 0 Å². The highest BCUT2D eigenvalue weighted by Gasteiger charge is 2.29. The quantitative estimate of drug-likeness (QED) is 0.910. The van der Waals surface area contributed by atoms with Crippen molar-refractivity contribution in [1.82, 2.24) is 15.1 Å². The first-order valence-electron chi connectivity index (χ1n) is 9.04. The Bertz CT molecular complexity index is 614. The van der Waals surface area contributed by atoms with Gasteiger partial charge in [0.1, 0.15) is 6.04 Å². The molecule has 2 amide bonds. The van der Waals surface area contributed by atoms with Crippen LogP contribution in [0.3, 0.4) is 0 Å². The van der Waals surface area contributed by atoms with E-state index in [1.165, 1.54) is 11.1 Å². The number of hydrogen-bond donors (Lipinski definition) is 1. The molecule has 2 rings (SSSR count). The molecule has 1 heterocycles. The number of aryl methyl sites for hydroxylation is 1. The highest BCUT2D eigenvalue weighted by atomic mass is 16.2. The van der Waals surface area contributed by atoms with Crippen molar-refractivity contribution in [2.24, 2.45) is 5.41 Å². The highest BCUT2D eigenvalue weighted by Crippen LogP contribution is 2.14. The summed E-state index contributed by atoms with van der Waals surface area (Å²) >= 11 is 0. The topological polar surface area (TPSA) is 52.6 Å². The second-order valence-corrected chi connectivity index (χ2v) is 8.04. The third-order valence-electron chi connectivity index (χ3n) is 4.57. The Morgan fingerprint density at radius 1 is 1.16 bits per heavy atom. The summed E-state index contributed by atoms with van der Waals surface area (Å²) in [6, 6.07) is 8.07. The maximum atomic E-state index is 12.6. The predicted molar refractivity (Wildman–Crippen MR) is 100 cm³/mol. The number of amides is 2. The van der Waals surface area contributed by atoms with E-state index in [1.807, 2.05) is 25.7 Å². The maximum Gasteiger partial charge on any atom is 0.244 e. The van der Waals surface area contributed by atoms with Gasteiger partial charge in [0.05, 0.1) is 0 Å². The second-order valence-electron chi connectivity index (χ2n) is 8.04. The summed E-state index contributed by atoms with van der Waals surface area (Å²) in [5.74, 6) is -0.0840. The van der Waals surface area contributed by atoms with Gasteiger partial charge in [0.15, 0.2) is 0 Å². The Labute approximate surface area is 151 Å².